The molecule has 2 aromatic rings. The van der Waals surface area contributed by atoms with Gasteiger partial charge in [-0.15, -0.1) is 0 Å². The van der Waals surface area contributed by atoms with Gasteiger partial charge in [-0.05, 0) is 51.7 Å². The molecule has 110 valence electrons. The molecule has 0 spiro atoms. The molecule has 0 radical (unpaired) electrons. The van der Waals surface area contributed by atoms with Gasteiger partial charge in [-0.25, -0.2) is 8.42 Å². The molecule has 0 aliphatic carbocycles. The summed E-state index contributed by atoms with van der Waals surface area (Å²) in [5.74, 6) is 0. The number of nitrogens with zero attached hydrogens (tertiary/aromatic N) is 1. The summed E-state index contributed by atoms with van der Waals surface area (Å²) in [5, 5.41) is 0. The lowest BCUT2D eigenvalue weighted by molar-refractivity contribution is 0.591. The van der Waals surface area contributed by atoms with E-state index in [1.54, 1.807) is 12.1 Å². The Labute approximate surface area is 132 Å². The van der Waals surface area contributed by atoms with Gasteiger partial charge < -0.3 is 5.73 Å². The van der Waals surface area contributed by atoms with Gasteiger partial charge in [0.05, 0.1) is 5.69 Å². The standard InChI is InChI=1S/C15H15BrN2O2S/c16-13-6-5-11(10-17)9-15(13)21(19,20)18-8-7-12-3-1-2-4-14(12)18/h1-6,9H,7-8,10,17H2. The second kappa shape index (κ2) is 5.44. The van der Waals surface area contributed by atoms with Crippen molar-refractivity contribution < 1.29 is 8.42 Å². The van der Waals surface area contributed by atoms with Crippen LogP contribution in [0.2, 0.25) is 0 Å². The molecule has 1 aliphatic heterocycles. The number of rotatable bonds is 3. The number of hydrogen-bond acceptors (Lipinski definition) is 3. The molecular formula is C15H15BrN2O2S. The first-order valence-electron chi connectivity index (χ1n) is 6.63. The number of anilines is 1. The third kappa shape index (κ3) is 2.47. The van der Waals surface area contributed by atoms with Gasteiger partial charge in [0.25, 0.3) is 10.0 Å². The molecular weight excluding hydrogens is 352 g/mol. The Kier molecular flexibility index (Phi) is 3.77. The summed E-state index contributed by atoms with van der Waals surface area (Å²) in [5.41, 5.74) is 8.24. The van der Waals surface area contributed by atoms with Crippen molar-refractivity contribution in [3.8, 4) is 0 Å². The molecule has 0 amide bonds. The summed E-state index contributed by atoms with van der Waals surface area (Å²) >= 11 is 3.34. The van der Waals surface area contributed by atoms with Crippen LogP contribution in [0.25, 0.3) is 0 Å². The minimum Gasteiger partial charge on any atom is -0.326 e. The Balaban J connectivity index is 2.10. The summed E-state index contributed by atoms with van der Waals surface area (Å²) in [7, 11) is -3.58. The maximum absolute atomic E-state index is 12.9. The van der Waals surface area contributed by atoms with Crippen LogP contribution in [0.3, 0.4) is 0 Å². The number of nitrogens with two attached hydrogens (primary N) is 1. The van der Waals surface area contributed by atoms with Crippen LogP contribution in [0.5, 0.6) is 0 Å². The normalized spacial score (nSPS) is 14.3. The van der Waals surface area contributed by atoms with E-state index in [0.717, 1.165) is 23.2 Å². The van der Waals surface area contributed by atoms with E-state index in [4.69, 9.17) is 5.73 Å². The maximum atomic E-state index is 12.9. The molecule has 1 heterocycles. The van der Waals surface area contributed by atoms with Gasteiger partial charge in [-0.3, -0.25) is 4.31 Å². The highest BCUT2D eigenvalue weighted by Crippen LogP contribution is 2.35. The fourth-order valence-electron chi connectivity index (χ4n) is 2.55. The van der Waals surface area contributed by atoms with E-state index < -0.39 is 10.0 Å². The van der Waals surface area contributed by atoms with Crippen LogP contribution in [0.1, 0.15) is 11.1 Å². The van der Waals surface area contributed by atoms with Crippen LogP contribution in [-0.4, -0.2) is 15.0 Å². The summed E-state index contributed by atoms with van der Waals surface area (Å²) in [6, 6.07) is 12.8. The van der Waals surface area contributed by atoms with Crippen molar-refractivity contribution in [1.82, 2.24) is 0 Å². The van der Waals surface area contributed by atoms with E-state index in [2.05, 4.69) is 15.9 Å². The van der Waals surface area contributed by atoms with Crippen molar-refractivity contribution in [3.63, 3.8) is 0 Å². The van der Waals surface area contributed by atoms with Crippen molar-refractivity contribution in [1.29, 1.82) is 0 Å². The van der Waals surface area contributed by atoms with E-state index in [1.165, 1.54) is 4.31 Å². The van der Waals surface area contributed by atoms with Crippen molar-refractivity contribution in [3.05, 3.63) is 58.1 Å². The Morgan fingerprint density at radius 1 is 1.19 bits per heavy atom. The lowest BCUT2D eigenvalue weighted by Gasteiger charge is -2.20. The van der Waals surface area contributed by atoms with Gasteiger partial charge in [0.1, 0.15) is 4.90 Å². The minimum absolute atomic E-state index is 0.266. The van der Waals surface area contributed by atoms with E-state index in [1.807, 2.05) is 30.3 Å². The predicted molar refractivity (Wildman–Crippen MR) is 86.7 cm³/mol. The van der Waals surface area contributed by atoms with Crippen molar-refractivity contribution in [2.24, 2.45) is 5.73 Å². The number of hydrogen-bond donors (Lipinski definition) is 1. The van der Waals surface area contributed by atoms with Crippen LogP contribution in [0, 0.1) is 0 Å². The van der Waals surface area contributed by atoms with Crippen LogP contribution in [-0.2, 0) is 23.0 Å². The van der Waals surface area contributed by atoms with Gasteiger partial charge >= 0.3 is 0 Å². The summed E-state index contributed by atoms with van der Waals surface area (Å²) in [6.45, 7) is 0.785. The minimum atomic E-state index is -3.58. The number of benzene rings is 2. The molecule has 0 unspecified atom stereocenters. The molecule has 2 N–H and O–H groups in total. The second-order valence-electron chi connectivity index (χ2n) is 4.92. The highest BCUT2D eigenvalue weighted by molar-refractivity contribution is 9.10. The zero-order valence-electron chi connectivity index (χ0n) is 11.3. The first-order valence-corrected chi connectivity index (χ1v) is 8.86. The first kappa shape index (κ1) is 14.6. The number of fused-ring (bicyclic) bond motifs is 1. The highest BCUT2D eigenvalue weighted by atomic mass is 79.9. The molecule has 0 saturated heterocycles. The second-order valence-corrected chi connectivity index (χ2v) is 7.61. The SMILES string of the molecule is NCc1ccc(Br)c(S(=O)(=O)N2CCc3ccccc32)c1. The molecule has 2 aromatic carbocycles. The molecule has 0 bridgehead atoms. The Morgan fingerprint density at radius 2 is 1.95 bits per heavy atom. The number of para-hydroxylation sites is 1. The van der Waals surface area contributed by atoms with Crippen LogP contribution < -0.4 is 10.0 Å². The van der Waals surface area contributed by atoms with Crippen LogP contribution >= 0.6 is 15.9 Å². The molecule has 0 saturated carbocycles. The number of sulfonamides is 1. The van der Waals surface area contributed by atoms with Gasteiger partial charge in [0.2, 0.25) is 0 Å². The van der Waals surface area contributed by atoms with Crippen LogP contribution in [0.4, 0.5) is 5.69 Å². The van der Waals surface area contributed by atoms with Crippen molar-refractivity contribution in [2.75, 3.05) is 10.8 Å². The molecule has 6 heteroatoms. The molecule has 1 aliphatic rings. The zero-order chi connectivity index (χ0) is 15.0. The smallest absolute Gasteiger partial charge is 0.265 e. The maximum Gasteiger partial charge on any atom is 0.265 e. The predicted octanol–water partition coefficient (Wildman–Crippen LogP) is 2.66. The first-order chi connectivity index (χ1) is 10.0. The largest absolute Gasteiger partial charge is 0.326 e. The summed E-state index contributed by atoms with van der Waals surface area (Å²) < 4.78 is 27.9. The van der Waals surface area contributed by atoms with Crippen molar-refractivity contribution >= 4 is 31.6 Å². The van der Waals surface area contributed by atoms with E-state index >= 15 is 0 Å². The fourth-order valence-corrected chi connectivity index (χ4v) is 5.03. The molecule has 0 fully saturated rings. The summed E-state index contributed by atoms with van der Waals surface area (Å²) in [6.07, 6.45) is 0.740. The third-order valence-electron chi connectivity index (χ3n) is 3.64. The topological polar surface area (TPSA) is 63.4 Å². The van der Waals surface area contributed by atoms with Gasteiger partial charge in [0.15, 0.2) is 0 Å². The van der Waals surface area contributed by atoms with Crippen molar-refractivity contribution in [2.45, 2.75) is 17.9 Å². The van der Waals surface area contributed by atoms with E-state index in [9.17, 15) is 8.42 Å². The van der Waals surface area contributed by atoms with Gasteiger partial charge in [-0.2, -0.15) is 0 Å². The molecule has 0 aromatic heterocycles. The fraction of sp³-hybridized carbons (Fsp3) is 0.200. The quantitative estimate of drug-likeness (QED) is 0.907. The molecule has 3 rings (SSSR count). The van der Waals surface area contributed by atoms with Crippen LogP contribution in [0.15, 0.2) is 51.8 Å². The zero-order valence-corrected chi connectivity index (χ0v) is 13.7. The van der Waals surface area contributed by atoms with E-state index in [0.29, 0.717) is 17.6 Å². The monoisotopic (exact) mass is 366 g/mol. The van der Waals surface area contributed by atoms with E-state index in [-0.39, 0.29) is 4.90 Å². The molecule has 4 nitrogen and oxygen atoms in total. The van der Waals surface area contributed by atoms with Gasteiger partial charge in [0, 0.05) is 17.6 Å². The Bertz CT molecular complexity index is 790. The molecule has 0 atom stereocenters. The van der Waals surface area contributed by atoms with Gasteiger partial charge in [-0.1, -0.05) is 24.3 Å². The number of halogens is 1. The summed E-state index contributed by atoms with van der Waals surface area (Å²) in [4.78, 5) is 0.266. The lowest BCUT2D eigenvalue weighted by atomic mass is 10.2. The average molecular weight is 367 g/mol. The third-order valence-corrected chi connectivity index (χ3v) is 6.45. The molecule has 21 heavy (non-hydrogen) atoms. The average Bonchev–Trinajstić information content (AvgIpc) is 2.92. The Morgan fingerprint density at radius 3 is 2.71 bits per heavy atom. The Hall–Kier alpha value is -1.37. The highest BCUT2D eigenvalue weighted by Gasteiger charge is 2.31. The lowest BCUT2D eigenvalue weighted by Crippen LogP contribution is -2.29.